The van der Waals surface area contributed by atoms with Crippen LogP contribution < -0.4 is 10.2 Å². The Morgan fingerprint density at radius 1 is 1.13 bits per heavy atom. The lowest BCUT2D eigenvalue weighted by Crippen LogP contribution is -2.44. The van der Waals surface area contributed by atoms with Gasteiger partial charge in [0.2, 0.25) is 0 Å². The minimum absolute atomic E-state index is 0.210. The van der Waals surface area contributed by atoms with Crippen LogP contribution in [-0.2, 0) is 4.84 Å². The van der Waals surface area contributed by atoms with Gasteiger partial charge in [-0.15, -0.1) is 0 Å². The molecular formula is C22H32N6O2. The zero-order valence-corrected chi connectivity index (χ0v) is 18.2. The van der Waals surface area contributed by atoms with E-state index in [0.717, 1.165) is 81.9 Å². The highest BCUT2D eigenvalue weighted by Gasteiger charge is 2.42. The van der Waals surface area contributed by atoms with Crippen LogP contribution in [0.2, 0.25) is 0 Å². The number of likely N-dealkylation sites (tertiary alicyclic amines) is 1. The molecule has 8 nitrogen and oxygen atoms in total. The number of aldehydes is 1. The van der Waals surface area contributed by atoms with Gasteiger partial charge in [-0.2, -0.15) is 0 Å². The van der Waals surface area contributed by atoms with Crippen LogP contribution in [0.3, 0.4) is 0 Å². The summed E-state index contributed by atoms with van der Waals surface area (Å²) in [5.41, 5.74) is 3.06. The monoisotopic (exact) mass is 412 g/mol. The Kier molecular flexibility index (Phi) is 6.06. The van der Waals surface area contributed by atoms with Gasteiger partial charge in [-0.05, 0) is 32.3 Å². The average Bonchev–Trinajstić information content (AvgIpc) is 3.18. The van der Waals surface area contributed by atoms with Crippen LogP contribution in [0, 0.1) is 0 Å². The Hall–Kier alpha value is -2.45. The maximum Gasteiger partial charge on any atom is 0.152 e. The minimum atomic E-state index is -0.210. The molecule has 0 unspecified atom stereocenters. The molecule has 0 atom stereocenters. The number of hydrogen-bond acceptors (Lipinski definition) is 7. The van der Waals surface area contributed by atoms with Crippen molar-refractivity contribution >= 4 is 29.2 Å². The van der Waals surface area contributed by atoms with Gasteiger partial charge in [0.05, 0.1) is 5.69 Å². The molecule has 3 aliphatic rings. The van der Waals surface area contributed by atoms with Crippen LogP contribution in [0.5, 0.6) is 0 Å². The molecular weight excluding hydrogens is 380 g/mol. The molecule has 1 aromatic rings. The lowest BCUT2D eigenvalue weighted by molar-refractivity contribution is -0.0578. The number of piperazine rings is 1. The number of anilines is 2. The van der Waals surface area contributed by atoms with Crippen molar-refractivity contribution in [2.24, 2.45) is 10.1 Å². The zero-order valence-electron chi connectivity index (χ0n) is 18.2. The number of amidine groups is 1. The molecule has 0 amide bonds. The van der Waals surface area contributed by atoms with Crippen molar-refractivity contribution in [3.63, 3.8) is 0 Å². The molecule has 1 spiro atoms. The first-order chi connectivity index (χ1) is 14.5. The molecule has 162 valence electrons. The number of likely N-dealkylation sites (N-methyl/N-ethyl adjacent to an activating group) is 1. The predicted molar refractivity (Wildman–Crippen MR) is 121 cm³/mol. The number of nitrogens with one attached hydrogen (secondary N) is 1. The second kappa shape index (κ2) is 8.73. The van der Waals surface area contributed by atoms with Crippen LogP contribution in [0.1, 0.15) is 29.6 Å². The van der Waals surface area contributed by atoms with Gasteiger partial charge < -0.3 is 24.9 Å². The fourth-order valence-electron chi connectivity index (χ4n) is 4.35. The van der Waals surface area contributed by atoms with E-state index in [1.165, 1.54) is 0 Å². The molecule has 0 radical (unpaired) electrons. The van der Waals surface area contributed by atoms with E-state index >= 15 is 0 Å². The first-order valence-corrected chi connectivity index (χ1v) is 10.7. The highest BCUT2D eigenvalue weighted by atomic mass is 16.7. The topological polar surface area (TPSA) is 72.8 Å². The Morgan fingerprint density at radius 3 is 2.50 bits per heavy atom. The number of oxime groups is 1. The summed E-state index contributed by atoms with van der Waals surface area (Å²) in [6.45, 7) is 6.01. The van der Waals surface area contributed by atoms with E-state index in [0.29, 0.717) is 11.4 Å². The van der Waals surface area contributed by atoms with Crippen molar-refractivity contribution in [2.45, 2.75) is 24.9 Å². The molecule has 30 heavy (non-hydrogen) atoms. The average molecular weight is 413 g/mol. The Labute approximate surface area is 178 Å². The third-order valence-electron chi connectivity index (χ3n) is 6.52. The van der Waals surface area contributed by atoms with Crippen LogP contribution in [-0.4, -0.2) is 93.6 Å². The van der Waals surface area contributed by atoms with Gasteiger partial charge in [0.25, 0.3) is 0 Å². The number of carbonyl (C=O) groups is 1. The van der Waals surface area contributed by atoms with Gasteiger partial charge >= 0.3 is 0 Å². The lowest BCUT2D eigenvalue weighted by atomic mass is 9.87. The standard InChI is InChI=1S/C22H32N6O2/c1-23-21(20-15-22(30-25-20)6-8-26(2)9-7-22)24-19-5-4-18(14-17(19)16-29)28-12-10-27(3)11-13-28/h4-5,14,16H,6-13,15H2,1-3H3,(H,23,24). The first-order valence-electron chi connectivity index (χ1n) is 10.7. The normalized spacial score (nSPS) is 22.7. The Balaban J connectivity index is 1.45. The number of nitrogens with zero attached hydrogens (tertiary/aromatic N) is 5. The van der Waals surface area contributed by atoms with Crippen molar-refractivity contribution in [3.8, 4) is 0 Å². The Bertz CT molecular complexity index is 836. The van der Waals surface area contributed by atoms with Gasteiger partial charge in [0.1, 0.15) is 11.3 Å². The molecule has 1 aromatic carbocycles. The molecule has 8 heteroatoms. The fourth-order valence-corrected chi connectivity index (χ4v) is 4.35. The highest BCUT2D eigenvalue weighted by molar-refractivity contribution is 6.46. The molecule has 0 aliphatic carbocycles. The van der Waals surface area contributed by atoms with E-state index in [1.54, 1.807) is 7.05 Å². The summed E-state index contributed by atoms with van der Waals surface area (Å²) in [6, 6.07) is 5.99. The van der Waals surface area contributed by atoms with Gasteiger partial charge in [0, 0.05) is 76.8 Å². The smallest absolute Gasteiger partial charge is 0.152 e. The predicted octanol–water partition coefficient (Wildman–Crippen LogP) is 1.93. The van der Waals surface area contributed by atoms with Crippen LogP contribution >= 0.6 is 0 Å². The summed E-state index contributed by atoms with van der Waals surface area (Å²) in [6.07, 6.45) is 3.58. The van der Waals surface area contributed by atoms with E-state index in [-0.39, 0.29) is 5.60 Å². The van der Waals surface area contributed by atoms with Gasteiger partial charge in [0.15, 0.2) is 12.1 Å². The molecule has 3 aliphatic heterocycles. The zero-order chi connectivity index (χ0) is 21.1. The second-order valence-corrected chi connectivity index (χ2v) is 8.67. The van der Waals surface area contributed by atoms with Gasteiger partial charge in [-0.3, -0.25) is 9.79 Å². The summed E-state index contributed by atoms with van der Waals surface area (Å²) in [4.78, 5) is 29.1. The number of benzene rings is 1. The SMILES string of the molecule is CN=C(Nc1ccc(N2CCN(C)CC2)cc1C=O)C1=NOC2(CCN(C)CC2)C1. The van der Waals surface area contributed by atoms with Gasteiger partial charge in [-0.25, -0.2) is 0 Å². The van der Waals surface area contributed by atoms with Crippen molar-refractivity contribution in [1.82, 2.24) is 9.80 Å². The van der Waals surface area contributed by atoms with Crippen LogP contribution in [0.15, 0.2) is 28.3 Å². The minimum Gasteiger partial charge on any atom is -0.388 e. The lowest BCUT2D eigenvalue weighted by Gasteiger charge is -2.35. The third kappa shape index (κ3) is 4.34. The number of rotatable bonds is 4. The van der Waals surface area contributed by atoms with E-state index in [9.17, 15) is 4.79 Å². The molecule has 4 rings (SSSR count). The van der Waals surface area contributed by atoms with Crippen LogP contribution in [0.25, 0.3) is 0 Å². The van der Waals surface area contributed by atoms with Crippen molar-refractivity contribution in [3.05, 3.63) is 23.8 Å². The summed E-state index contributed by atoms with van der Waals surface area (Å²) in [5, 5.41) is 7.69. The van der Waals surface area contributed by atoms with Crippen LogP contribution in [0.4, 0.5) is 11.4 Å². The summed E-state index contributed by atoms with van der Waals surface area (Å²) < 4.78 is 0. The number of piperidine rings is 1. The fraction of sp³-hybridized carbons (Fsp3) is 0.591. The first kappa shape index (κ1) is 20.8. The van der Waals surface area contributed by atoms with E-state index in [2.05, 4.69) is 50.3 Å². The van der Waals surface area contributed by atoms with E-state index in [1.807, 2.05) is 12.1 Å². The summed E-state index contributed by atoms with van der Waals surface area (Å²) in [7, 11) is 6.01. The highest BCUT2D eigenvalue weighted by Crippen LogP contribution is 2.35. The van der Waals surface area contributed by atoms with Crippen molar-refractivity contribution < 1.29 is 9.63 Å². The quantitative estimate of drug-likeness (QED) is 0.463. The molecule has 0 bridgehead atoms. The number of carbonyl (C=O) groups excluding carboxylic acids is 1. The van der Waals surface area contributed by atoms with Gasteiger partial charge in [-0.1, -0.05) is 5.16 Å². The summed E-state index contributed by atoms with van der Waals surface area (Å²) in [5.74, 6) is 0.668. The van der Waals surface area contributed by atoms with Crippen molar-refractivity contribution in [2.75, 3.05) is 70.6 Å². The molecule has 2 saturated heterocycles. The second-order valence-electron chi connectivity index (χ2n) is 8.67. The molecule has 0 aromatic heterocycles. The summed E-state index contributed by atoms with van der Waals surface area (Å²) >= 11 is 0. The third-order valence-corrected chi connectivity index (χ3v) is 6.52. The van der Waals surface area contributed by atoms with E-state index in [4.69, 9.17) is 4.84 Å². The molecule has 2 fully saturated rings. The molecule has 1 N–H and O–H groups in total. The van der Waals surface area contributed by atoms with Crippen molar-refractivity contribution in [1.29, 1.82) is 0 Å². The number of aliphatic imine (C=N–C) groups is 1. The van der Waals surface area contributed by atoms with E-state index < -0.39 is 0 Å². The Morgan fingerprint density at radius 2 is 1.83 bits per heavy atom. The maximum atomic E-state index is 11.8. The largest absolute Gasteiger partial charge is 0.388 e. The molecule has 3 heterocycles. The molecule has 0 saturated carbocycles. The maximum absolute atomic E-state index is 11.8. The number of hydrogen-bond donors (Lipinski definition) is 1.